The minimum absolute atomic E-state index is 0.100. The van der Waals surface area contributed by atoms with Crippen LogP contribution < -0.4 is 10.5 Å². The molecule has 1 unspecified atom stereocenters. The zero-order valence-electron chi connectivity index (χ0n) is 9.82. The topological polar surface area (TPSA) is 48.4 Å². The van der Waals surface area contributed by atoms with Crippen LogP contribution >= 0.6 is 0 Å². The molecule has 0 fully saturated rings. The molecule has 0 saturated carbocycles. The van der Waals surface area contributed by atoms with Crippen LogP contribution in [0.25, 0.3) is 0 Å². The van der Waals surface area contributed by atoms with Crippen LogP contribution in [-0.2, 0) is 0 Å². The van der Waals surface area contributed by atoms with Gasteiger partial charge < -0.3 is 14.9 Å². The van der Waals surface area contributed by atoms with Crippen molar-refractivity contribution in [3.63, 3.8) is 0 Å². The van der Waals surface area contributed by atoms with E-state index in [9.17, 15) is 8.78 Å². The van der Waals surface area contributed by atoms with Crippen LogP contribution in [0, 0.1) is 18.6 Å². The zero-order valence-corrected chi connectivity index (χ0v) is 9.82. The molecule has 0 radical (unpaired) electrons. The predicted molar refractivity (Wildman–Crippen MR) is 62.2 cm³/mol. The SMILES string of the molecule is Cc1ccc(C(CN)Oc2cc(F)ccc2F)o1. The van der Waals surface area contributed by atoms with Crippen molar-refractivity contribution in [1.82, 2.24) is 0 Å². The Hall–Kier alpha value is -1.88. The summed E-state index contributed by atoms with van der Waals surface area (Å²) in [4.78, 5) is 0. The molecule has 1 atom stereocenters. The normalized spacial score (nSPS) is 12.4. The lowest BCUT2D eigenvalue weighted by Gasteiger charge is -2.15. The van der Waals surface area contributed by atoms with E-state index in [0.717, 1.165) is 18.2 Å². The first-order valence-corrected chi connectivity index (χ1v) is 5.48. The molecule has 2 aromatic rings. The molecule has 0 spiro atoms. The van der Waals surface area contributed by atoms with E-state index in [4.69, 9.17) is 14.9 Å². The molecule has 3 nitrogen and oxygen atoms in total. The maximum absolute atomic E-state index is 13.4. The van der Waals surface area contributed by atoms with Gasteiger partial charge in [0.05, 0.1) is 0 Å². The summed E-state index contributed by atoms with van der Waals surface area (Å²) in [5, 5.41) is 0. The van der Waals surface area contributed by atoms with Crippen LogP contribution in [0.4, 0.5) is 8.78 Å². The molecule has 5 heteroatoms. The fraction of sp³-hybridized carbons (Fsp3) is 0.231. The first-order valence-electron chi connectivity index (χ1n) is 5.48. The molecule has 0 saturated heterocycles. The van der Waals surface area contributed by atoms with Gasteiger partial charge in [-0.1, -0.05) is 0 Å². The Morgan fingerprint density at radius 1 is 1.28 bits per heavy atom. The quantitative estimate of drug-likeness (QED) is 0.911. The van der Waals surface area contributed by atoms with Crippen molar-refractivity contribution in [2.24, 2.45) is 5.73 Å². The lowest BCUT2D eigenvalue weighted by molar-refractivity contribution is 0.174. The minimum Gasteiger partial charge on any atom is -0.478 e. The Morgan fingerprint density at radius 3 is 2.67 bits per heavy atom. The van der Waals surface area contributed by atoms with Gasteiger partial charge in [0.1, 0.15) is 17.3 Å². The van der Waals surface area contributed by atoms with Crippen LogP contribution in [-0.4, -0.2) is 6.54 Å². The highest BCUT2D eigenvalue weighted by molar-refractivity contribution is 5.26. The van der Waals surface area contributed by atoms with E-state index in [1.807, 2.05) is 0 Å². The molecular formula is C13H13F2NO2. The summed E-state index contributed by atoms with van der Waals surface area (Å²) < 4.78 is 37.1. The van der Waals surface area contributed by atoms with Crippen LogP contribution in [0.2, 0.25) is 0 Å². The number of benzene rings is 1. The second kappa shape index (κ2) is 5.18. The standard InChI is InChI=1S/C13H13F2NO2/c1-8-2-5-11(17-8)13(7-16)18-12-6-9(14)3-4-10(12)15/h2-6,13H,7,16H2,1H3. The van der Waals surface area contributed by atoms with Crippen molar-refractivity contribution < 1.29 is 17.9 Å². The molecule has 0 amide bonds. The molecule has 2 N–H and O–H groups in total. The summed E-state index contributed by atoms with van der Waals surface area (Å²) in [6.45, 7) is 1.88. The number of furan rings is 1. The van der Waals surface area contributed by atoms with Crippen molar-refractivity contribution in [3.05, 3.63) is 53.5 Å². The van der Waals surface area contributed by atoms with Crippen molar-refractivity contribution in [2.75, 3.05) is 6.54 Å². The Morgan fingerprint density at radius 2 is 2.06 bits per heavy atom. The van der Waals surface area contributed by atoms with Gasteiger partial charge >= 0.3 is 0 Å². The van der Waals surface area contributed by atoms with E-state index < -0.39 is 17.7 Å². The first kappa shape index (κ1) is 12.6. The van der Waals surface area contributed by atoms with Crippen molar-refractivity contribution in [3.8, 4) is 5.75 Å². The second-order valence-corrected chi connectivity index (χ2v) is 3.87. The Labute approximate surface area is 103 Å². The van der Waals surface area contributed by atoms with Crippen molar-refractivity contribution in [1.29, 1.82) is 0 Å². The Bertz CT molecular complexity index is 540. The first-order chi connectivity index (χ1) is 8.60. The molecule has 2 rings (SSSR count). The number of hydrogen-bond donors (Lipinski definition) is 1. The van der Waals surface area contributed by atoms with Gasteiger partial charge in [0.25, 0.3) is 0 Å². The number of halogens is 2. The van der Waals surface area contributed by atoms with Crippen molar-refractivity contribution >= 4 is 0 Å². The lowest BCUT2D eigenvalue weighted by Crippen LogP contribution is -2.18. The van der Waals surface area contributed by atoms with Gasteiger partial charge in [-0.15, -0.1) is 0 Å². The number of aryl methyl sites for hydroxylation is 1. The van der Waals surface area contributed by atoms with Gasteiger partial charge in [0.2, 0.25) is 0 Å². The number of ether oxygens (including phenoxy) is 1. The molecule has 0 bridgehead atoms. The molecule has 0 aliphatic heterocycles. The second-order valence-electron chi connectivity index (χ2n) is 3.87. The highest BCUT2D eigenvalue weighted by atomic mass is 19.1. The Balaban J connectivity index is 2.22. The summed E-state index contributed by atoms with van der Waals surface area (Å²) in [6, 6.07) is 6.46. The molecule has 1 aromatic carbocycles. The summed E-state index contributed by atoms with van der Waals surface area (Å²) in [7, 11) is 0. The smallest absolute Gasteiger partial charge is 0.168 e. The maximum Gasteiger partial charge on any atom is 0.168 e. The minimum atomic E-state index is -0.644. The van der Waals surface area contributed by atoms with Crippen LogP contribution in [0.1, 0.15) is 17.6 Å². The van der Waals surface area contributed by atoms with E-state index in [2.05, 4.69) is 0 Å². The van der Waals surface area contributed by atoms with E-state index in [1.165, 1.54) is 0 Å². The average molecular weight is 253 g/mol. The van der Waals surface area contributed by atoms with Crippen LogP contribution in [0.15, 0.2) is 34.7 Å². The highest BCUT2D eigenvalue weighted by Crippen LogP contribution is 2.25. The lowest BCUT2D eigenvalue weighted by atomic mass is 10.2. The van der Waals surface area contributed by atoms with Gasteiger partial charge in [-0.25, -0.2) is 8.78 Å². The van der Waals surface area contributed by atoms with E-state index in [-0.39, 0.29) is 12.3 Å². The summed E-state index contributed by atoms with van der Waals surface area (Å²) in [5.74, 6) is -0.208. The van der Waals surface area contributed by atoms with Gasteiger partial charge in [-0.2, -0.15) is 0 Å². The highest BCUT2D eigenvalue weighted by Gasteiger charge is 2.17. The molecular weight excluding hydrogens is 240 g/mol. The van der Waals surface area contributed by atoms with Gasteiger partial charge in [-0.3, -0.25) is 0 Å². The zero-order chi connectivity index (χ0) is 13.1. The molecule has 18 heavy (non-hydrogen) atoms. The summed E-state index contributed by atoms with van der Waals surface area (Å²) in [5.41, 5.74) is 5.55. The van der Waals surface area contributed by atoms with Crippen molar-refractivity contribution in [2.45, 2.75) is 13.0 Å². The van der Waals surface area contributed by atoms with Gasteiger partial charge in [-0.05, 0) is 31.2 Å². The average Bonchev–Trinajstić information content (AvgIpc) is 2.77. The Kier molecular flexibility index (Phi) is 3.62. The largest absolute Gasteiger partial charge is 0.478 e. The van der Waals surface area contributed by atoms with Gasteiger partial charge in [0, 0.05) is 12.6 Å². The fourth-order valence-corrected chi connectivity index (χ4v) is 1.57. The fourth-order valence-electron chi connectivity index (χ4n) is 1.57. The monoisotopic (exact) mass is 253 g/mol. The van der Waals surface area contributed by atoms with Crippen LogP contribution in [0.3, 0.4) is 0 Å². The summed E-state index contributed by atoms with van der Waals surface area (Å²) >= 11 is 0. The van der Waals surface area contributed by atoms with Crippen LogP contribution in [0.5, 0.6) is 5.75 Å². The number of nitrogens with two attached hydrogens (primary N) is 1. The predicted octanol–water partition coefficient (Wildman–Crippen LogP) is 2.95. The number of hydrogen-bond acceptors (Lipinski definition) is 3. The molecule has 0 aliphatic rings. The maximum atomic E-state index is 13.4. The van der Waals surface area contributed by atoms with E-state index in [0.29, 0.717) is 11.5 Å². The molecule has 1 aromatic heterocycles. The molecule has 0 aliphatic carbocycles. The molecule has 96 valence electrons. The van der Waals surface area contributed by atoms with Gasteiger partial charge in [0.15, 0.2) is 17.7 Å². The number of rotatable bonds is 4. The third-order valence-corrected chi connectivity index (χ3v) is 2.46. The third-order valence-electron chi connectivity index (χ3n) is 2.46. The van der Waals surface area contributed by atoms with E-state index >= 15 is 0 Å². The third kappa shape index (κ3) is 2.68. The van der Waals surface area contributed by atoms with E-state index in [1.54, 1.807) is 19.1 Å². The summed E-state index contributed by atoms with van der Waals surface area (Å²) in [6.07, 6.45) is -0.644. The molecule has 1 heterocycles.